The van der Waals surface area contributed by atoms with Crippen LogP contribution in [0, 0.1) is 0 Å². The van der Waals surface area contributed by atoms with Crippen LogP contribution in [0.15, 0.2) is 18.2 Å². The molecule has 0 fully saturated rings. The van der Waals surface area contributed by atoms with Crippen molar-refractivity contribution in [2.24, 2.45) is 5.73 Å². The molecule has 5 nitrogen and oxygen atoms in total. The minimum Gasteiger partial charge on any atom is -0.454 e. The smallest absolute Gasteiger partial charge is 0.231 e. The summed E-state index contributed by atoms with van der Waals surface area (Å²) < 4.78 is 10.5. The molecule has 0 aliphatic carbocycles. The standard InChI is InChI=1S/C13H18N2O3/c1-13(2,7-14)15-12(16)6-9-3-4-10-11(5-9)18-8-17-10/h3-5H,6-8,14H2,1-2H3,(H,15,16). The van der Waals surface area contributed by atoms with Crippen LogP contribution in [-0.4, -0.2) is 24.8 Å². The van der Waals surface area contributed by atoms with Crippen molar-refractivity contribution in [3.8, 4) is 11.5 Å². The Bertz CT molecular complexity index is 458. The molecule has 0 bridgehead atoms. The first-order valence-corrected chi connectivity index (χ1v) is 5.90. The van der Waals surface area contributed by atoms with E-state index in [9.17, 15) is 4.79 Å². The first-order chi connectivity index (χ1) is 8.50. The molecule has 5 heteroatoms. The lowest BCUT2D eigenvalue weighted by atomic mass is 10.0. The molecule has 1 aliphatic rings. The van der Waals surface area contributed by atoms with Crippen molar-refractivity contribution in [3.05, 3.63) is 23.8 Å². The minimum absolute atomic E-state index is 0.0516. The highest BCUT2D eigenvalue weighted by molar-refractivity contribution is 5.79. The molecule has 98 valence electrons. The van der Waals surface area contributed by atoms with Crippen LogP contribution in [0.2, 0.25) is 0 Å². The van der Waals surface area contributed by atoms with Crippen molar-refractivity contribution in [3.63, 3.8) is 0 Å². The molecule has 0 saturated carbocycles. The molecule has 0 radical (unpaired) electrons. The number of fused-ring (bicyclic) bond motifs is 1. The fraction of sp³-hybridized carbons (Fsp3) is 0.462. The van der Waals surface area contributed by atoms with Crippen LogP contribution < -0.4 is 20.5 Å². The van der Waals surface area contributed by atoms with Crippen molar-refractivity contribution in [1.82, 2.24) is 5.32 Å². The molecular formula is C13H18N2O3. The van der Waals surface area contributed by atoms with Gasteiger partial charge in [-0.3, -0.25) is 4.79 Å². The number of carbonyl (C=O) groups is 1. The molecule has 0 aromatic heterocycles. The maximum Gasteiger partial charge on any atom is 0.231 e. The number of carbonyl (C=O) groups excluding carboxylic acids is 1. The Labute approximate surface area is 106 Å². The van der Waals surface area contributed by atoms with E-state index in [1.54, 1.807) is 0 Å². The predicted octanol–water partition coefficient (Wildman–Crippen LogP) is 0.811. The van der Waals surface area contributed by atoms with Gasteiger partial charge in [0.25, 0.3) is 0 Å². The number of nitrogens with one attached hydrogen (secondary N) is 1. The second-order valence-electron chi connectivity index (χ2n) is 5.00. The van der Waals surface area contributed by atoms with Crippen LogP contribution in [0.4, 0.5) is 0 Å². The number of ether oxygens (including phenoxy) is 2. The van der Waals surface area contributed by atoms with E-state index < -0.39 is 0 Å². The molecule has 18 heavy (non-hydrogen) atoms. The Kier molecular flexibility index (Phi) is 3.43. The van der Waals surface area contributed by atoms with Crippen LogP contribution in [0.5, 0.6) is 11.5 Å². The monoisotopic (exact) mass is 250 g/mol. The summed E-state index contributed by atoms with van der Waals surface area (Å²) in [4.78, 5) is 11.8. The third-order valence-electron chi connectivity index (χ3n) is 2.79. The molecule has 1 aromatic carbocycles. The summed E-state index contributed by atoms with van der Waals surface area (Å²) >= 11 is 0. The zero-order chi connectivity index (χ0) is 13.2. The fourth-order valence-corrected chi connectivity index (χ4v) is 1.71. The number of hydrogen-bond acceptors (Lipinski definition) is 4. The molecule has 1 aromatic rings. The van der Waals surface area contributed by atoms with Crippen LogP contribution in [0.25, 0.3) is 0 Å². The number of nitrogens with two attached hydrogens (primary N) is 1. The van der Waals surface area contributed by atoms with Gasteiger partial charge >= 0.3 is 0 Å². The molecular weight excluding hydrogens is 232 g/mol. The van der Waals surface area contributed by atoms with Crippen molar-refractivity contribution in [2.45, 2.75) is 25.8 Å². The second kappa shape index (κ2) is 4.86. The van der Waals surface area contributed by atoms with Crippen LogP contribution in [0.1, 0.15) is 19.4 Å². The Morgan fingerprint density at radius 2 is 2.11 bits per heavy atom. The fourth-order valence-electron chi connectivity index (χ4n) is 1.71. The normalized spacial score (nSPS) is 13.5. The van der Waals surface area contributed by atoms with E-state index in [-0.39, 0.29) is 18.2 Å². The van der Waals surface area contributed by atoms with Gasteiger partial charge in [0.15, 0.2) is 11.5 Å². The first kappa shape index (κ1) is 12.7. The average Bonchev–Trinajstić information content (AvgIpc) is 2.75. The third-order valence-corrected chi connectivity index (χ3v) is 2.79. The highest BCUT2D eigenvalue weighted by Crippen LogP contribution is 2.32. The van der Waals surface area contributed by atoms with E-state index in [0.717, 1.165) is 11.3 Å². The van der Waals surface area contributed by atoms with Gasteiger partial charge in [-0.05, 0) is 31.5 Å². The molecule has 3 N–H and O–H groups in total. The van der Waals surface area contributed by atoms with Crippen molar-refractivity contribution >= 4 is 5.91 Å². The van der Waals surface area contributed by atoms with E-state index >= 15 is 0 Å². The van der Waals surface area contributed by atoms with Gasteiger partial charge in [-0.2, -0.15) is 0 Å². The quantitative estimate of drug-likeness (QED) is 0.829. The Morgan fingerprint density at radius 3 is 2.83 bits per heavy atom. The van der Waals surface area contributed by atoms with Gasteiger partial charge in [-0.25, -0.2) is 0 Å². The largest absolute Gasteiger partial charge is 0.454 e. The van der Waals surface area contributed by atoms with Crippen LogP contribution in [-0.2, 0) is 11.2 Å². The van der Waals surface area contributed by atoms with E-state index in [2.05, 4.69) is 5.32 Å². The van der Waals surface area contributed by atoms with Gasteiger partial charge in [0.05, 0.1) is 6.42 Å². The maximum absolute atomic E-state index is 11.8. The van der Waals surface area contributed by atoms with E-state index in [1.807, 2.05) is 32.0 Å². The highest BCUT2D eigenvalue weighted by atomic mass is 16.7. The number of rotatable bonds is 4. The third kappa shape index (κ3) is 2.92. The highest BCUT2D eigenvalue weighted by Gasteiger charge is 2.19. The van der Waals surface area contributed by atoms with Crippen molar-refractivity contribution < 1.29 is 14.3 Å². The summed E-state index contributed by atoms with van der Waals surface area (Å²) in [5.41, 5.74) is 6.08. The Morgan fingerprint density at radius 1 is 1.39 bits per heavy atom. The summed E-state index contributed by atoms with van der Waals surface area (Å²) in [5.74, 6) is 1.36. The minimum atomic E-state index is -0.382. The number of benzene rings is 1. The van der Waals surface area contributed by atoms with Gasteiger partial charge in [0.1, 0.15) is 0 Å². The maximum atomic E-state index is 11.8. The summed E-state index contributed by atoms with van der Waals surface area (Å²) in [5, 5.41) is 2.89. The lowest BCUT2D eigenvalue weighted by Crippen LogP contribution is -2.49. The molecule has 0 unspecified atom stereocenters. The Hall–Kier alpha value is -1.75. The Balaban J connectivity index is 1.99. The van der Waals surface area contributed by atoms with Gasteiger partial charge in [-0.1, -0.05) is 6.07 Å². The SMILES string of the molecule is CC(C)(CN)NC(=O)Cc1ccc2c(c1)OCO2. The predicted molar refractivity (Wildman–Crippen MR) is 67.5 cm³/mol. The summed E-state index contributed by atoms with van der Waals surface area (Å²) in [6.07, 6.45) is 0.306. The molecule has 0 saturated heterocycles. The number of amides is 1. The van der Waals surface area contributed by atoms with Gasteiger partial charge < -0.3 is 20.5 Å². The molecule has 0 spiro atoms. The summed E-state index contributed by atoms with van der Waals surface area (Å²) in [7, 11) is 0. The average molecular weight is 250 g/mol. The first-order valence-electron chi connectivity index (χ1n) is 5.90. The summed E-state index contributed by atoms with van der Waals surface area (Å²) in [6, 6.07) is 5.51. The van der Waals surface area contributed by atoms with E-state index in [4.69, 9.17) is 15.2 Å². The number of hydrogen-bond donors (Lipinski definition) is 2. The zero-order valence-electron chi connectivity index (χ0n) is 10.7. The van der Waals surface area contributed by atoms with Crippen molar-refractivity contribution in [2.75, 3.05) is 13.3 Å². The van der Waals surface area contributed by atoms with Crippen molar-refractivity contribution in [1.29, 1.82) is 0 Å². The topological polar surface area (TPSA) is 73.6 Å². The summed E-state index contributed by atoms with van der Waals surface area (Å²) in [6.45, 7) is 4.43. The lowest BCUT2D eigenvalue weighted by molar-refractivity contribution is -0.121. The van der Waals surface area contributed by atoms with E-state index in [0.29, 0.717) is 18.7 Å². The molecule has 1 aliphatic heterocycles. The second-order valence-corrected chi connectivity index (χ2v) is 5.00. The molecule has 0 atom stereocenters. The van der Waals surface area contributed by atoms with Gasteiger partial charge in [0, 0.05) is 12.1 Å². The molecule has 1 amide bonds. The van der Waals surface area contributed by atoms with Gasteiger partial charge in [0.2, 0.25) is 12.7 Å². The molecule has 1 heterocycles. The van der Waals surface area contributed by atoms with Crippen LogP contribution >= 0.6 is 0 Å². The molecule has 2 rings (SSSR count). The van der Waals surface area contributed by atoms with Gasteiger partial charge in [-0.15, -0.1) is 0 Å². The van der Waals surface area contributed by atoms with E-state index in [1.165, 1.54) is 0 Å². The zero-order valence-corrected chi connectivity index (χ0v) is 10.7. The lowest BCUT2D eigenvalue weighted by Gasteiger charge is -2.24. The van der Waals surface area contributed by atoms with Crippen LogP contribution in [0.3, 0.4) is 0 Å².